The summed E-state index contributed by atoms with van der Waals surface area (Å²) >= 11 is 0. The molecule has 3 rings (SSSR count). The highest BCUT2D eigenvalue weighted by atomic mass is 16.1. The lowest BCUT2D eigenvalue weighted by molar-refractivity contribution is 0.688. The Morgan fingerprint density at radius 3 is 2.55 bits per heavy atom. The van der Waals surface area contributed by atoms with Gasteiger partial charge in [-0.3, -0.25) is 4.79 Å². The fraction of sp³-hybridized carbons (Fsp3) is 0.211. The van der Waals surface area contributed by atoms with Crippen LogP contribution in [0.2, 0.25) is 0 Å². The second kappa shape index (κ2) is 6.16. The van der Waals surface area contributed by atoms with E-state index in [1.807, 2.05) is 31.2 Å². The van der Waals surface area contributed by atoms with E-state index in [0.29, 0.717) is 6.54 Å². The molecule has 0 radical (unpaired) electrons. The predicted molar refractivity (Wildman–Crippen MR) is 91.0 cm³/mol. The Hall–Kier alpha value is -2.39. The van der Waals surface area contributed by atoms with Gasteiger partial charge >= 0.3 is 0 Å². The zero-order chi connectivity index (χ0) is 15.5. The van der Waals surface area contributed by atoms with Crippen molar-refractivity contribution in [1.29, 1.82) is 0 Å². The summed E-state index contributed by atoms with van der Waals surface area (Å²) in [6, 6.07) is 16.4. The first-order valence-corrected chi connectivity index (χ1v) is 7.51. The van der Waals surface area contributed by atoms with Crippen molar-refractivity contribution >= 4 is 10.9 Å². The van der Waals surface area contributed by atoms with Gasteiger partial charge in [-0.25, -0.2) is 0 Å². The molecule has 0 fully saturated rings. The average Bonchev–Trinajstić information content (AvgIpc) is 2.51. The summed E-state index contributed by atoms with van der Waals surface area (Å²) in [5, 5.41) is 4.41. The van der Waals surface area contributed by atoms with Crippen molar-refractivity contribution in [1.82, 2.24) is 10.3 Å². The maximum absolute atomic E-state index is 12.2. The largest absolute Gasteiger partial charge is 0.321 e. The SMILES string of the molecule is Cc1ccc(CNCc2cc3cccc(C)c3[nH]c2=O)cc1. The molecule has 0 aliphatic heterocycles. The number of pyridine rings is 1. The minimum Gasteiger partial charge on any atom is -0.321 e. The highest BCUT2D eigenvalue weighted by Crippen LogP contribution is 2.15. The molecule has 0 saturated heterocycles. The van der Waals surface area contributed by atoms with Crippen molar-refractivity contribution in [3.05, 3.63) is 81.1 Å². The van der Waals surface area contributed by atoms with E-state index in [9.17, 15) is 4.79 Å². The van der Waals surface area contributed by atoms with E-state index in [0.717, 1.165) is 28.6 Å². The second-order valence-corrected chi connectivity index (χ2v) is 5.75. The van der Waals surface area contributed by atoms with Gasteiger partial charge in [0.05, 0.1) is 5.52 Å². The van der Waals surface area contributed by atoms with Gasteiger partial charge in [0, 0.05) is 18.7 Å². The normalized spacial score (nSPS) is 11.0. The summed E-state index contributed by atoms with van der Waals surface area (Å²) in [5.74, 6) is 0. The van der Waals surface area contributed by atoms with Crippen molar-refractivity contribution in [2.45, 2.75) is 26.9 Å². The first-order valence-electron chi connectivity index (χ1n) is 7.51. The zero-order valence-corrected chi connectivity index (χ0v) is 12.9. The van der Waals surface area contributed by atoms with Gasteiger partial charge in [-0.15, -0.1) is 0 Å². The Balaban J connectivity index is 1.75. The molecule has 2 aromatic carbocycles. The minimum absolute atomic E-state index is 0.0155. The van der Waals surface area contributed by atoms with Gasteiger partial charge in [-0.05, 0) is 36.4 Å². The molecule has 0 amide bonds. The summed E-state index contributed by atoms with van der Waals surface area (Å²) in [7, 11) is 0. The first-order chi connectivity index (χ1) is 10.6. The molecule has 3 heteroatoms. The summed E-state index contributed by atoms with van der Waals surface area (Å²) in [5.41, 5.74) is 5.25. The number of aryl methyl sites for hydroxylation is 2. The Kier molecular flexibility index (Phi) is 4.07. The molecular formula is C19H20N2O. The minimum atomic E-state index is -0.0155. The number of aromatic amines is 1. The predicted octanol–water partition coefficient (Wildman–Crippen LogP) is 3.43. The van der Waals surface area contributed by atoms with E-state index in [-0.39, 0.29) is 5.56 Å². The van der Waals surface area contributed by atoms with Crippen LogP contribution in [0.4, 0.5) is 0 Å². The van der Waals surface area contributed by atoms with Gasteiger partial charge in [0.2, 0.25) is 0 Å². The molecule has 2 N–H and O–H groups in total. The Morgan fingerprint density at radius 1 is 1.00 bits per heavy atom. The first kappa shape index (κ1) is 14.5. The molecule has 3 nitrogen and oxygen atoms in total. The number of rotatable bonds is 4. The fourth-order valence-electron chi connectivity index (χ4n) is 2.61. The van der Waals surface area contributed by atoms with Gasteiger partial charge in [-0.2, -0.15) is 0 Å². The number of aromatic nitrogens is 1. The van der Waals surface area contributed by atoms with Crippen LogP contribution in [0, 0.1) is 13.8 Å². The maximum Gasteiger partial charge on any atom is 0.252 e. The van der Waals surface area contributed by atoms with Crippen LogP contribution in [0.5, 0.6) is 0 Å². The van der Waals surface area contributed by atoms with Crippen LogP contribution in [0.25, 0.3) is 10.9 Å². The molecule has 0 atom stereocenters. The molecule has 22 heavy (non-hydrogen) atoms. The van der Waals surface area contributed by atoms with Crippen molar-refractivity contribution in [2.75, 3.05) is 0 Å². The fourth-order valence-corrected chi connectivity index (χ4v) is 2.61. The molecule has 1 aromatic heterocycles. The molecular weight excluding hydrogens is 272 g/mol. The van der Waals surface area contributed by atoms with Crippen molar-refractivity contribution < 1.29 is 0 Å². The van der Waals surface area contributed by atoms with E-state index in [1.54, 1.807) is 0 Å². The zero-order valence-electron chi connectivity index (χ0n) is 12.9. The molecule has 0 aliphatic rings. The Labute approximate surface area is 130 Å². The van der Waals surface area contributed by atoms with Crippen LogP contribution >= 0.6 is 0 Å². The van der Waals surface area contributed by atoms with Gasteiger partial charge in [0.1, 0.15) is 0 Å². The average molecular weight is 292 g/mol. The van der Waals surface area contributed by atoms with Crippen LogP contribution in [0.15, 0.2) is 53.3 Å². The van der Waals surface area contributed by atoms with E-state index >= 15 is 0 Å². The molecule has 0 spiro atoms. The Morgan fingerprint density at radius 2 is 1.77 bits per heavy atom. The van der Waals surface area contributed by atoms with Gasteiger partial charge < -0.3 is 10.3 Å². The van der Waals surface area contributed by atoms with Crippen molar-refractivity contribution in [2.24, 2.45) is 0 Å². The highest BCUT2D eigenvalue weighted by molar-refractivity contribution is 5.81. The van der Waals surface area contributed by atoms with E-state index in [2.05, 4.69) is 41.5 Å². The lowest BCUT2D eigenvalue weighted by atomic mass is 10.1. The quantitative estimate of drug-likeness (QED) is 0.773. The molecule has 0 bridgehead atoms. The lowest BCUT2D eigenvalue weighted by Gasteiger charge is -2.07. The topological polar surface area (TPSA) is 44.9 Å². The van der Waals surface area contributed by atoms with E-state index in [4.69, 9.17) is 0 Å². The summed E-state index contributed by atoms with van der Waals surface area (Å²) in [6.07, 6.45) is 0. The third-order valence-electron chi connectivity index (χ3n) is 3.93. The van der Waals surface area contributed by atoms with Crippen molar-refractivity contribution in [3.63, 3.8) is 0 Å². The standard InChI is InChI=1S/C19H20N2O/c1-13-6-8-15(9-7-13)11-20-12-17-10-16-5-3-4-14(2)18(16)21-19(17)22/h3-10,20H,11-12H2,1-2H3,(H,21,22). The van der Waals surface area contributed by atoms with Crippen LogP contribution in [-0.2, 0) is 13.1 Å². The number of hydrogen-bond donors (Lipinski definition) is 2. The van der Waals surface area contributed by atoms with Crippen molar-refractivity contribution in [3.8, 4) is 0 Å². The highest BCUT2D eigenvalue weighted by Gasteiger charge is 2.04. The number of benzene rings is 2. The van der Waals surface area contributed by atoms with Crippen LogP contribution in [-0.4, -0.2) is 4.98 Å². The van der Waals surface area contributed by atoms with Gasteiger partial charge in [0.25, 0.3) is 5.56 Å². The Bertz CT molecular complexity index is 847. The van der Waals surface area contributed by atoms with Crippen LogP contribution < -0.4 is 10.9 Å². The molecule has 1 heterocycles. The van der Waals surface area contributed by atoms with Gasteiger partial charge in [0.15, 0.2) is 0 Å². The monoisotopic (exact) mass is 292 g/mol. The number of fused-ring (bicyclic) bond motifs is 1. The third kappa shape index (κ3) is 3.10. The lowest BCUT2D eigenvalue weighted by Crippen LogP contribution is -2.20. The summed E-state index contributed by atoms with van der Waals surface area (Å²) < 4.78 is 0. The molecule has 112 valence electrons. The second-order valence-electron chi connectivity index (χ2n) is 5.75. The van der Waals surface area contributed by atoms with E-state index in [1.165, 1.54) is 11.1 Å². The number of nitrogens with one attached hydrogen (secondary N) is 2. The number of para-hydroxylation sites is 1. The summed E-state index contributed by atoms with van der Waals surface area (Å²) in [6.45, 7) is 5.40. The molecule has 0 saturated carbocycles. The van der Waals surface area contributed by atoms with Crippen LogP contribution in [0.1, 0.15) is 22.3 Å². The maximum atomic E-state index is 12.2. The third-order valence-corrected chi connectivity index (χ3v) is 3.93. The molecule has 0 aliphatic carbocycles. The summed E-state index contributed by atoms with van der Waals surface area (Å²) in [4.78, 5) is 15.2. The van der Waals surface area contributed by atoms with Gasteiger partial charge in [-0.1, -0.05) is 48.0 Å². The van der Waals surface area contributed by atoms with E-state index < -0.39 is 0 Å². The molecule has 0 unspecified atom stereocenters. The smallest absolute Gasteiger partial charge is 0.252 e. The van der Waals surface area contributed by atoms with Crippen LogP contribution in [0.3, 0.4) is 0 Å². The number of H-pyrrole nitrogens is 1. The molecule has 3 aromatic rings. The number of hydrogen-bond acceptors (Lipinski definition) is 2.